The van der Waals surface area contributed by atoms with E-state index in [0.717, 1.165) is 17.6 Å². The van der Waals surface area contributed by atoms with Gasteiger partial charge in [-0.2, -0.15) is 0 Å². The van der Waals surface area contributed by atoms with E-state index in [2.05, 4.69) is 6.92 Å². The second-order valence-electron chi connectivity index (χ2n) is 4.44. The molecule has 3 rings (SSSR count). The summed E-state index contributed by atoms with van der Waals surface area (Å²) in [6.45, 7) is 1.92. The van der Waals surface area contributed by atoms with E-state index in [1.807, 2.05) is 0 Å². The van der Waals surface area contributed by atoms with Crippen molar-refractivity contribution in [2.45, 2.75) is 19.4 Å². The van der Waals surface area contributed by atoms with Crippen molar-refractivity contribution in [3.05, 3.63) is 35.0 Å². The lowest BCUT2D eigenvalue weighted by Gasteiger charge is -1.93. The molecule has 108 valence electrons. The standard InChI is InChI=1S/C9H5ClO2.C4H9N.CH2O2/c10-8-4-6(5-11)3-7-1-2-12-9(7)8;1-3-2-4(3)5;2-1-3/h1-5H;3-4H,2,5H2,1H3;1H,(H,2,3). The number of hydrogen-bond donors (Lipinski definition) is 2. The molecular formula is C14H16ClNO4. The summed E-state index contributed by atoms with van der Waals surface area (Å²) >= 11 is 5.83. The SMILES string of the molecule is CC1CC1N.O=CO.O=Cc1cc(Cl)c2occc2c1. The van der Waals surface area contributed by atoms with Gasteiger partial charge in [0.25, 0.3) is 6.47 Å². The molecule has 1 heterocycles. The Labute approximate surface area is 121 Å². The minimum atomic E-state index is -0.250. The maximum atomic E-state index is 10.4. The molecule has 1 aromatic carbocycles. The molecule has 2 aromatic rings. The minimum absolute atomic E-state index is 0.250. The molecule has 2 unspecified atom stereocenters. The zero-order valence-electron chi connectivity index (χ0n) is 11.0. The number of halogens is 1. The van der Waals surface area contributed by atoms with Gasteiger partial charge in [0.2, 0.25) is 0 Å². The van der Waals surface area contributed by atoms with Crippen molar-refractivity contribution in [3.8, 4) is 0 Å². The Balaban J connectivity index is 0.000000208. The summed E-state index contributed by atoms with van der Waals surface area (Å²) in [4.78, 5) is 18.8. The van der Waals surface area contributed by atoms with Crippen LogP contribution in [0.5, 0.6) is 0 Å². The van der Waals surface area contributed by atoms with Crippen molar-refractivity contribution in [3.63, 3.8) is 0 Å². The molecule has 1 saturated carbocycles. The van der Waals surface area contributed by atoms with Gasteiger partial charge in [-0.1, -0.05) is 18.5 Å². The molecule has 1 aliphatic rings. The van der Waals surface area contributed by atoms with Crippen LogP contribution in [0.15, 0.2) is 28.9 Å². The highest BCUT2D eigenvalue weighted by Gasteiger charge is 2.27. The summed E-state index contributed by atoms with van der Waals surface area (Å²) in [5.41, 5.74) is 6.56. The fourth-order valence-corrected chi connectivity index (χ4v) is 1.76. The first-order valence-electron chi connectivity index (χ1n) is 5.98. The Kier molecular flexibility index (Phi) is 6.21. The van der Waals surface area contributed by atoms with Crippen molar-refractivity contribution >= 4 is 35.3 Å². The number of carbonyl (C=O) groups is 2. The van der Waals surface area contributed by atoms with Crippen LogP contribution in [-0.2, 0) is 4.79 Å². The van der Waals surface area contributed by atoms with E-state index in [1.54, 1.807) is 24.5 Å². The predicted molar refractivity (Wildman–Crippen MR) is 77.1 cm³/mol. The topological polar surface area (TPSA) is 93.5 Å². The van der Waals surface area contributed by atoms with Gasteiger partial charge in [0.05, 0.1) is 11.3 Å². The van der Waals surface area contributed by atoms with Gasteiger partial charge >= 0.3 is 0 Å². The number of benzene rings is 1. The fourth-order valence-electron chi connectivity index (χ4n) is 1.48. The number of nitrogens with two attached hydrogens (primary N) is 1. The molecule has 5 nitrogen and oxygen atoms in total. The van der Waals surface area contributed by atoms with Gasteiger partial charge < -0.3 is 15.3 Å². The van der Waals surface area contributed by atoms with Crippen molar-refractivity contribution in [1.82, 2.24) is 0 Å². The van der Waals surface area contributed by atoms with Crippen molar-refractivity contribution in [1.29, 1.82) is 0 Å². The highest BCUT2D eigenvalue weighted by molar-refractivity contribution is 6.35. The third kappa shape index (κ3) is 4.68. The van der Waals surface area contributed by atoms with E-state index >= 15 is 0 Å². The number of carboxylic acid groups (broad SMARTS) is 1. The summed E-state index contributed by atoms with van der Waals surface area (Å²) in [6, 6.07) is 5.64. The van der Waals surface area contributed by atoms with Crippen LogP contribution in [0.2, 0.25) is 5.02 Å². The van der Waals surface area contributed by atoms with Gasteiger partial charge in [-0.05, 0) is 30.5 Å². The second-order valence-corrected chi connectivity index (χ2v) is 4.85. The van der Waals surface area contributed by atoms with Crippen LogP contribution in [-0.4, -0.2) is 23.9 Å². The third-order valence-electron chi connectivity index (χ3n) is 2.84. The van der Waals surface area contributed by atoms with Gasteiger partial charge in [-0.3, -0.25) is 9.59 Å². The number of rotatable bonds is 1. The van der Waals surface area contributed by atoms with E-state index in [-0.39, 0.29) is 6.47 Å². The van der Waals surface area contributed by atoms with Gasteiger partial charge in [0.1, 0.15) is 6.29 Å². The first kappa shape index (κ1) is 16.2. The molecule has 20 heavy (non-hydrogen) atoms. The number of carbonyl (C=O) groups excluding carboxylic acids is 1. The molecule has 0 amide bonds. The molecule has 1 aliphatic carbocycles. The molecule has 3 N–H and O–H groups in total. The molecule has 0 bridgehead atoms. The Hall–Kier alpha value is -1.85. The van der Waals surface area contributed by atoms with Crippen LogP contribution in [0, 0.1) is 5.92 Å². The van der Waals surface area contributed by atoms with E-state index in [0.29, 0.717) is 22.2 Å². The number of aldehydes is 1. The van der Waals surface area contributed by atoms with Crippen LogP contribution in [0.1, 0.15) is 23.7 Å². The summed E-state index contributed by atoms with van der Waals surface area (Å²) in [7, 11) is 0. The van der Waals surface area contributed by atoms with Gasteiger partial charge in [0.15, 0.2) is 5.58 Å². The van der Waals surface area contributed by atoms with Gasteiger partial charge in [0, 0.05) is 17.0 Å². The number of furan rings is 1. The van der Waals surface area contributed by atoms with Crippen LogP contribution in [0.4, 0.5) is 0 Å². The molecule has 0 saturated heterocycles. The normalized spacial score (nSPS) is 19.1. The van der Waals surface area contributed by atoms with Gasteiger partial charge in [-0.25, -0.2) is 0 Å². The zero-order valence-corrected chi connectivity index (χ0v) is 11.7. The molecule has 0 radical (unpaired) electrons. The van der Waals surface area contributed by atoms with E-state index in [4.69, 9.17) is 31.7 Å². The van der Waals surface area contributed by atoms with Crippen LogP contribution in [0.25, 0.3) is 11.0 Å². The first-order chi connectivity index (χ1) is 9.53. The van der Waals surface area contributed by atoms with Crippen LogP contribution < -0.4 is 5.73 Å². The molecule has 1 aromatic heterocycles. The lowest BCUT2D eigenvalue weighted by Crippen LogP contribution is -1.98. The Morgan fingerprint density at radius 2 is 2.00 bits per heavy atom. The maximum Gasteiger partial charge on any atom is 0.290 e. The van der Waals surface area contributed by atoms with Crippen molar-refractivity contribution < 1.29 is 19.1 Å². The highest BCUT2D eigenvalue weighted by Crippen LogP contribution is 2.26. The molecule has 6 heteroatoms. The largest absolute Gasteiger partial charge is 0.483 e. The minimum Gasteiger partial charge on any atom is -0.483 e. The third-order valence-corrected chi connectivity index (χ3v) is 3.12. The Morgan fingerprint density at radius 3 is 2.45 bits per heavy atom. The highest BCUT2D eigenvalue weighted by atomic mass is 35.5. The fraction of sp³-hybridized carbons (Fsp3) is 0.286. The first-order valence-corrected chi connectivity index (χ1v) is 6.36. The van der Waals surface area contributed by atoms with E-state index < -0.39 is 0 Å². The lowest BCUT2D eigenvalue weighted by molar-refractivity contribution is -0.122. The molecule has 1 fully saturated rings. The van der Waals surface area contributed by atoms with E-state index in [1.165, 1.54) is 6.42 Å². The summed E-state index contributed by atoms with van der Waals surface area (Å²) in [6.07, 6.45) is 3.56. The molecule has 0 spiro atoms. The average molecular weight is 298 g/mol. The number of hydrogen-bond acceptors (Lipinski definition) is 4. The molecule has 0 aliphatic heterocycles. The lowest BCUT2D eigenvalue weighted by atomic mass is 10.2. The van der Waals surface area contributed by atoms with Crippen LogP contribution >= 0.6 is 11.6 Å². The van der Waals surface area contributed by atoms with Crippen molar-refractivity contribution in [2.75, 3.05) is 0 Å². The molecular weight excluding hydrogens is 282 g/mol. The van der Waals surface area contributed by atoms with Crippen molar-refractivity contribution in [2.24, 2.45) is 11.7 Å². The maximum absolute atomic E-state index is 10.4. The number of fused-ring (bicyclic) bond motifs is 1. The second kappa shape index (κ2) is 7.67. The summed E-state index contributed by atoms with van der Waals surface area (Å²) in [5, 5.41) is 8.21. The summed E-state index contributed by atoms with van der Waals surface area (Å²) < 4.78 is 5.10. The monoisotopic (exact) mass is 297 g/mol. The summed E-state index contributed by atoms with van der Waals surface area (Å²) in [5.74, 6) is 0.829. The quantitative estimate of drug-likeness (QED) is 0.789. The Morgan fingerprint density at radius 1 is 1.45 bits per heavy atom. The Bertz CT molecular complexity index is 576. The van der Waals surface area contributed by atoms with E-state index in [9.17, 15) is 4.79 Å². The van der Waals surface area contributed by atoms with Crippen LogP contribution in [0.3, 0.4) is 0 Å². The van der Waals surface area contributed by atoms with Gasteiger partial charge in [-0.15, -0.1) is 0 Å². The zero-order chi connectivity index (χ0) is 15.1. The predicted octanol–water partition coefficient (Wildman–Crippen LogP) is 2.95. The average Bonchev–Trinajstić information content (AvgIpc) is 2.91. The smallest absolute Gasteiger partial charge is 0.290 e. The molecule has 2 atom stereocenters.